The van der Waals surface area contributed by atoms with Crippen LogP contribution in [0.5, 0.6) is 0 Å². The Hall–Kier alpha value is -1.01. The molecule has 1 aromatic carbocycles. The van der Waals surface area contributed by atoms with Crippen LogP contribution in [-0.2, 0) is 16.0 Å². The van der Waals surface area contributed by atoms with E-state index in [1.807, 2.05) is 32.0 Å². The molecular weight excluding hydrogens is 345 g/mol. The number of rotatable bonds is 8. The van der Waals surface area contributed by atoms with Crippen LogP contribution in [0.1, 0.15) is 46.6 Å². The van der Waals surface area contributed by atoms with Gasteiger partial charge in [-0.3, -0.25) is 4.90 Å². The van der Waals surface area contributed by atoms with Crippen molar-refractivity contribution in [2.75, 3.05) is 20.2 Å². The molecule has 1 aliphatic heterocycles. The summed E-state index contributed by atoms with van der Waals surface area (Å²) in [5.41, 5.74) is 0.324. The molecule has 154 valence electrons. The normalized spacial score (nSPS) is 29.7. The van der Waals surface area contributed by atoms with E-state index in [0.29, 0.717) is 13.0 Å². The van der Waals surface area contributed by atoms with Crippen molar-refractivity contribution >= 4 is 0 Å². The van der Waals surface area contributed by atoms with E-state index >= 15 is 0 Å². The lowest BCUT2D eigenvalue weighted by atomic mass is 9.82. The summed E-state index contributed by atoms with van der Waals surface area (Å²) in [7, 11) is 1.47. The minimum atomic E-state index is -1.44. The van der Waals surface area contributed by atoms with Crippen molar-refractivity contribution < 1.29 is 19.0 Å². The number of benzene rings is 1. The van der Waals surface area contributed by atoms with Crippen LogP contribution < -0.4 is 0 Å². The highest BCUT2D eigenvalue weighted by molar-refractivity contribution is 5.14. The fraction of sp³-hybridized carbons (Fsp3) is 0.727. The van der Waals surface area contributed by atoms with Gasteiger partial charge < -0.3 is 14.6 Å². The van der Waals surface area contributed by atoms with Gasteiger partial charge in [-0.25, -0.2) is 4.39 Å². The largest absolute Gasteiger partial charge is 0.366 e. The second-order valence-electron chi connectivity index (χ2n) is 8.35. The predicted octanol–water partition coefficient (Wildman–Crippen LogP) is 4.02. The Bertz CT molecular complexity index is 580. The lowest BCUT2D eigenvalue weighted by Gasteiger charge is -2.49. The average molecular weight is 382 g/mol. The van der Waals surface area contributed by atoms with E-state index in [-0.39, 0.29) is 17.9 Å². The Labute approximate surface area is 163 Å². The molecule has 0 radical (unpaired) electrons. The number of aliphatic hydroxyl groups is 1. The van der Waals surface area contributed by atoms with Gasteiger partial charge in [0.2, 0.25) is 0 Å². The number of methoxy groups -OCH3 is 1. The lowest BCUT2D eigenvalue weighted by Crippen LogP contribution is -2.60. The van der Waals surface area contributed by atoms with Gasteiger partial charge in [0.05, 0.1) is 6.10 Å². The molecule has 0 unspecified atom stereocenters. The predicted molar refractivity (Wildman–Crippen MR) is 106 cm³/mol. The number of piperidine rings is 1. The standard InChI is InChI=1S/C22H36FNO3/c1-7-21(4,22(5,25)26-6)27-20-16(2)13-24(15-19(20)17(3)23)14-18-11-9-8-10-12-18/h8-12,16-17,19-20,25H,7,13-15H2,1-6H3/t16-,17-,19-,20+,21-,22-/m1/s1. The monoisotopic (exact) mass is 381 g/mol. The van der Waals surface area contributed by atoms with Gasteiger partial charge in [-0.2, -0.15) is 0 Å². The Morgan fingerprint density at radius 2 is 1.89 bits per heavy atom. The Balaban J connectivity index is 2.17. The van der Waals surface area contributed by atoms with Crippen molar-refractivity contribution in [1.29, 1.82) is 0 Å². The van der Waals surface area contributed by atoms with E-state index in [0.717, 1.165) is 13.1 Å². The Morgan fingerprint density at radius 3 is 2.41 bits per heavy atom. The number of alkyl halides is 1. The van der Waals surface area contributed by atoms with Gasteiger partial charge in [-0.05, 0) is 38.7 Å². The van der Waals surface area contributed by atoms with E-state index in [9.17, 15) is 9.50 Å². The number of likely N-dealkylation sites (tertiary alicyclic amines) is 1. The highest BCUT2D eigenvalue weighted by Gasteiger charge is 2.49. The summed E-state index contributed by atoms with van der Waals surface area (Å²) in [5, 5.41) is 10.7. The maximum Gasteiger partial charge on any atom is 0.191 e. The molecule has 5 heteroatoms. The van der Waals surface area contributed by atoms with Crippen LogP contribution in [0.4, 0.5) is 4.39 Å². The fourth-order valence-electron chi connectivity index (χ4n) is 4.03. The second kappa shape index (κ2) is 8.99. The molecule has 1 heterocycles. The van der Waals surface area contributed by atoms with Crippen molar-refractivity contribution in [2.45, 2.75) is 71.2 Å². The van der Waals surface area contributed by atoms with E-state index in [1.54, 1.807) is 13.8 Å². The topological polar surface area (TPSA) is 41.9 Å². The molecule has 1 N–H and O–H groups in total. The summed E-state index contributed by atoms with van der Waals surface area (Å²) in [5.74, 6) is -1.55. The molecule has 1 aliphatic rings. The molecule has 4 nitrogen and oxygen atoms in total. The molecule has 0 aromatic heterocycles. The zero-order valence-electron chi connectivity index (χ0n) is 17.6. The van der Waals surface area contributed by atoms with Crippen LogP contribution in [0, 0.1) is 11.8 Å². The maximum absolute atomic E-state index is 14.6. The SMILES string of the molecule is CC[C@@](C)(O[C@@H]1[C@@H]([C@@H](C)F)CN(Cc2ccccc2)C[C@H]1C)[C@](C)(O)OC. The van der Waals surface area contributed by atoms with Gasteiger partial charge in [0.1, 0.15) is 11.8 Å². The highest BCUT2D eigenvalue weighted by Crippen LogP contribution is 2.38. The summed E-state index contributed by atoms with van der Waals surface area (Å²) in [6.07, 6.45) is -0.703. The second-order valence-corrected chi connectivity index (χ2v) is 8.35. The molecule has 6 atom stereocenters. The molecule has 0 spiro atoms. The molecule has 0 saturated carbocycles. The summed E-state index contributed by atoms with van der Waals surface area (Å²) < 4.78 is 26.3. The summed E-state index contributed by atoms with van der Waals surface area (Å²) >= 11 is 0. The molecule has 2 rings (SSSR count). The summed E-state index contributed by atoms with van der Waals surface area (Å²) in [6, 6.07) is 10.3. The lowest BCUT2D eigenvalue weighted by molar-refractivity contribution is -0.311. The van der Waals surface area contributed by atoms with E-state index in [1.165, 1.54) is 12.7 Å². The maximum atomic E-state index is 14.6. The molecule has 1 fully saturated rings. The molecule has 27 heavy (non-hydrogen) atoms. The van der Waals surface area contributed by atoms with Crippen LogP contribution in [0.3, 0.4) is 0 Å². The third-order valence-electron chi connectivity index (χ3n) is 6.29. The minimum absolute atomic E-state index is 0.143. The number of hydrogen-bond donors (Lipinski definition) is 1. The van der Waals surface area contributed by atoms with Crippen LogP contribution in [0.2, 0.25) is 0 Å². The highest BCUT2D eigenvalue weighted by atomic mass is 19.1. The molecule has 0 amide bonds. The van der Waals surface area contributed by atoms with Crippen molar-refractivity contribution in [3.63, 3.8) is 0 Å². The summed E-state index contributed by atoms with van der Waals surface area (Å²) in [4.78, 5) is 2.30. The smallest absolute Gasteiger partial charge is 0.191 e. The first-order valence-electron chi connectivity index (χ1n) is 9.99. The van der Waals surface area contributed by atoms with Gasteiger partial charge in [-0.1, -0.05) is 44.2 Å². The Kier molecular flexibility index (Phi) is 7.42. The van der Waals surface area contributed by atoms with Crippen LogP contribution in [-0.4, -0.2) is 53.9 Å². The minimum Gasteiger partial charge on any atom is -0.366 e. The van der Waals surface area contributed by atoms with Crippen molar-refractivity contribution in [2.24, 2.45) is 11.8 Å². The summed E-state index contributed by atoms with van der Waals surface area (Å²) in [6.45, 7) is 11.4. The third-order valence-corrected chi connectivity index (χ3v) is 6.29. The van der Waals surface area contributed by atoms with Crippen LogP contribution in [0.15, 0.2) is 30.3 Å². The van der Waals surface area contributed by atoms with Gasteiger partial charge in [0, 0.05) is 32.7 Å². The van der Waals surface area contributed by atoms with Gasteiger partial charge in [-0.15, -0.1) is 0 Å². The van der Waals surface area contributed by atoms with Gasteiger partial charge in [0.25, 0.3) is 0 Å². The third kappa shape index (κ3) is 5.08. The zero-order chi connectivity index (χ0) is 20.2. The molecule has 0 bridgehead atoms. The van der Waals surface area contributed by atoms with E-state index in [4.69, 9.17) is 9.47 Å². The van der Waals surface area contributed by atoms with E-state index in [2.05, 4.69) is 24.0 Å². The van der Waals surface area contributed by atoms with Crippen molar-refractivity contribution in [3.8, 4) is 0 Å². The number of nitrogens with zero attached hydrogens (tertiary/aromatic N) is 1. The number of halogens is 1. The Morgan fingerprint density at radius 1 is 1.26 bits per heavy atom. The van der Waals surface area contributed by atoms with Gasteiger partial charge >= 0.3 is 0 Å². The fourth-order valence-corrected chi connectivity index (χ4v) is 4.03. The van der Waals surface area contributed by atoms with Crippen molar-refractivity contribution in [3.05, 3.63) is 35.9 Å². The first-order valence-corrected chi connectivity index (χ1v) is 9.99. The van der Waals surface area contributed by atoms with Crippen LogP contribution in [0.25, 0.3) is 0 Å². The van der Waals surface area contributed by atoms with Crippen molar-refractivity contribution in [1.82, 2.24) is 4.90 Å². The molecule has 0 aliphatic carbocycles. The number of hydrogen-bond acceptors (Lipinski definition) is 4. The average Bonchev–Trinajstić information content (AvgIpc) is 2.64. The van der Waals surface area contributed by atoms with Gasteiger partial charge in [0.15, 0.2) is 5.79 Å². The van der Waals surface area contributed by atoms with E-state index < -0.39 is 17.6 Å². The quantitative estimate of drug-likeness (QED) is 0.691. The first kappa shape index (κ1) is 22.3. The molecule has 1 saturated heterocycles. The number of ether oxygens (including phenoxy) is 2. The molecule has 1 aromatic rings. The first-order chi connectivity index (χ1) is 12.6. The van der Waals surface area contributed by atoms with Crippen LogP contribution >= 0.6 is 0 Å². The molecular formula is C22H36FNO3. The zero-order valence-corrected chi connectivity index (χ0v) is 17.6.